The molecule has 0 aliphatic carbocycles. The first-order valence-corrected chi connectivity index (χ1v) is 7.09. The summed E-state index contributed by atoms with van der Waals surface area (Å²) in [5.74, 6) is 0.534. The summed E-state index contributed by atoms with van der Waals surface area (Å²) in [4.78, 5) is 15.9. The monoisotopic (exact) mass is 270 g/mol. The van der Waals surface area contributed by atoms with Crippen LogP contribution < -0.4 is 0 Å². The molecule has 3 rings (SSSR count). The van der Waals surface area contributed by atoms with E-state index in [1.807, 2.05) is 4.40 Å². The largest absolute Gasteiger partial charge is 0.296 e. The maximum Gasteiger partial charge on any atom is 0.194 e. The molecule has 0 atom stereocenters. The van der Waals surface area contributed by atoms with Crippen molar-refractivity contribution in [2.75, 3.05) is 0 Å². The van der Waals surface area contributed by atoms with Gasteiger partial charge in [-0.2, -0.15) is 0 Å². The maximum absolute atomic E-state index is 10.8. The van der Waals surface area contributed by atoms with Gasteiger partial charge in [0.2, 0.25) is 0 Å². The first kappa shape index (κ1) is 12.1. The lowest BCUT2D eigenvalue weighted by molar-refractivity contribution is 0.111. The van der Waals surface area contributed by atoms with E-state index in [1.165, 1.54) is 5.56 Å². The molecule has 0 amide bonds. The molecule has 0 saturated heterocycles. The lowest BCUT2D eigenvalue weighted by Crippen LogP contribution is -1.88. The average molecular weight is 270 g/mol. The third-order valence-corrected chi connectivity index (χ3v) is 4.06. The van der Waals surface area contributed by atoms with Crippen molar-refractivity contribution in [1.29, 1.82) is 0 Å². The van der Waals surface area contributed by atoms with Crippen molar-refractivity contribution in [2.45, 2.75) is 19.8 Å². The molecule has 19 heavy (non-hydrogen) atoms. The Balaban J connectivity index is 2.07. The van der Waals surface area contributed by atoms with Gasteiger partial charge in [-0.3, -0.25) is 9.20 Å². The van der Waals surface area contributed by atoms with Gasteiger partial charge in [0.05, 0.1) is 5.69 Å². The van der Waals surface area contributed by atoms with E-state index in [0.29, 0.717) is 11.6 Å². The number of nitrogens with zero attached hydrogens (tertiary/aromatic N) is 2. The van der Waals surface area contributed by atoms with Gasteiger partial charge in [-0.05, 0) is 17.0 Å². The van der Waals surface area contributed by atoms with Crippen LogP contribution in [0, 0.1) is 0 Å². The van der Waals surface area contributed by atoms with Gasteiger partial charge in [-0.1, -0.05) is 38.1 Å². The van der Waals surface area contributed by atoms with Crippen LogP contribution in [0.15, 0.2) is 35.8 Å². The molecule has 2 heterocycles. The van der Waals surface area contributed by atoms with Crippen molar-refractivity contribution in [1.82, 2.24) is 9.38 Å². The van der Waals surface area contributed by atoms with Crippen LogP contribution in [-0.4, -0.2) is 15.7 Å². The summed E-state index contributed by atoms with van der Waals surface area (Å²) in [7, 11) is 0. The van der Waals surface area contributed by atoms with Gasteiger partial charge >= 0.3 is 0 Å². The van der Waals surface area contributed by atoms with Crippen LogP contribution in [0.4, 0.5) is 0 Å². The van der Waals surface area contributed by atoms with Gasteiger partial charge in [0, 0.05) is 11.6 Å². The number of fused-ring (bicyclic) bond motifs is 1. The zero-order chi connectivity index (χ0) is 13.4. The first-order chi connectivity index (χ1) is 9.19. The zero-order valence-electron chi connectivity index (χ0n) is 10.8. The lowest BCUT2D eigenvalue weighted by Gasteiger charge is -2.06. The molecule has 0 fully saturated rings. The van der Waals surface area contributed by atoms with Crippen molar-refractivity contribution in [3.05, 3.63) is 47.1 Å². The molecule has 0 saturated carbocycles. The molecule has 0 spiro atoms. The standard InChI is InChI=1S/C15H14N2OS/c1-10(2)11-3-5-12(6-4-11)14-9-19-15-16-13(8-18)7-17(14)15/h3-10H,1-2H3. The van der Waals surface area contributed by atoms with E-state index < -0.39 is 0 Å². The molecule has 3 aromatic rings. The summed E-state index contributed by atoms with van der Waals surface area (Å²) >= 11 is 1.55. The predicted octanol–water partition coefficient (Wildman–Crippen LogP) is 4.00. The maximum atomic E-state index is 10.8. The number of thiazole rings is 1. The Hall–Kier alpha value is -1.94. The van der Waals surface area contributed by atoms with Gasteiger partial charge < -0.3 is 0 Å². The number of hydrogen-bond donors (Lipinski definition) is 0. The average Bonchev–Trinajstić information content (AvgIpc) is 2.98. The molecule has 3 nitrogen and oxygen atoms in total. The number of hydrogen-bond acceptors (Lipinski definition) is 3. The number of carbonyl (C=O) groups is 1. The summed E-state index contributed by atoms with van der Waals surface area (Å²) in [6.07, 6.45) is 2.57. The molecular weight excluding hydrogens is 256 g/mol. The SMILES string of the molecule is CC(C)c1ccc(-c2csc3nc(C=O)cn23)cc1. The molecular formula is C15H14N2OS. The van der Waals surface area contributed by atoms with Crippen molar-refractivity contribution in [3.63, 3.8) is 0 Å². The Bertz CT molecular complexity index is 722. The Morgan fingerprint density at radius 1 is 1.26 bits per heavy atom. The van der Waals surface area contributed by atoms with Crippen molar-refractivity contribution in [3.8, 4) is 11.3 Å². The molecule has 0 aliphatic heterocycles. The lowest BCUT2D eigenvalue weighted by atomic mass is 10.0. The molecule has 1 aromatic carbocycles. The molecule has 0 N–H and O–H groups in total. The molecule has 0 bridgehead atoms. The number of rotatable bonds is 3. The Morgan fingerprint density at radius 2 is 2.00 bits per heavy atom. The predicted molar refractivity (Wildman–Crippen MR) is 78.0 cm³/mol. The van der Waals surface area contributed by atoms with Gasteiger partial charge in [-0.15, -0.1) is 11.3 Å². The van der Waals surface area contributed by atoms with Crippen molar-refractivity contribution in [2.24, 2.45) is 0 Å². The summed E-state index contributed by atoms with van der Waals surface area (Å²) in [5.41, 5.74) is 4.03. The van der Waals surface area contributed by atoms with Crippen LogP contribution in [0.5, 0.6) is 0 Å². The number of imidazole rings is 1. The second kappa shape index (κ2) is 4.63. The highest BCUT2D eigenvalue weighted by Crippen LogP contribution is 2.27. The Kier molecular flexibility index (Phi) is 2.95. The van der Waals surface area contributed by atoms with Crippen LogP contribution in [0.1, 0.15) is 35.8 Å². The molecule has 0 unspecified atom stereocenters. The van der Waals surface area contributed by atoms with Gasteiger partial charge in [0.15, 0.2) is 11.2 Å². The summed E-state index contributed by atoms with van der Waals surface area (Å²) < 4.78 is 1.97. The number of aromatic nitrogens is 2. The van der Waals surface area contributed by atoms with Crippen LogP contribution >= 0.6 is 11.3 Å². The van der Waals surface area contributed by atoms with Crippen LogP contribution in [0.25, 0.3) is 16.2 Å². The van der Waals surface area contributed by atoms with E-state index in [2.05, 4.69) is 48.5 Å². The van der Waals surface area contributed by atoms with Crippen molar-refractivity contribution < 1.29 is 4.79 Å². The fourth-order valence-corrected chi connectivity index (χ4v) is 2.99. The second-order valence-corrected chi connectivity index (χ2v) is 5.67. The highest BCUT2D eigenvalue weighted by atomic mass is 32.1. The fraction of sp³-hybridized carbons (Fsp3) is 0.200. The summed E-state index contributed by atoms with van der Waals surface area (Å²) in [6.45, 7) is 4.37. The van der Waals surface area contributed by atoms with Gasteiger partial charge in [0.25, 0.3) is 0 Å². The van der Waals surface area contributed by atoms with Gasteiger partial charge in [-0.25, -0.2) is 4.98 Å². The minimum atomic E-state index is 0.479. The summed E-state index contributed by atoms with van der Waals surface area (Å²) in [6, 6.07) is 8.55. The van der Waals surface area contributed by atoms with E-state index in [0.717, 1.165) is 22.5 Å². The summed E-state index contributed by atoms with van der Waals surface area (Å²) in [5, 5.41) is 2.07. The molecule has 2 aromatic heterocycles. The number of aldehydes is 1. The highest BCUT2D eigenvalue weighted by Gasteiger charge is 2.09. The van der Waals surface area contributed by atoms with Crippen molar-refractivity contribution >= 4 is 22.6 Å². The van der Waals surface area contributed by atoms with E-state index in [1.54, 1.807) is 17.5 Å². The van der Waals surface area contributed by atoms with Crippen LogP contribution in [0.3, 0.4) is 0 Å². The first-order valence-electron chi connectivity index (χ1n) is 6.21. The quantitative estimate of drug-likeness (QED) is 0.674. The number of carbonyl (C=O) groups excluding carboxylic acids is 1. The third kappa shape index (κ3) is 2.08. The third-order valence-electron chi connectivity index (χ3n) is 3.22. The van der Waals surface area contributed by atoms with E-state index in [9.17, 15) is 4.79 Å². The van der Waals surface area contributed by atoms with E-state index in [-0.39, 0.29) is 0 Å². The normalized spacial score (nSPS) is 11.3. The topological polar surface area (TPSA) is 34.4 Å². The molecule has 0 aliphatic rings. The Labute approximate surface area is 115 Å². The molecule has 4 heteroatoms. The smallest absolute Gasteiger partial charge is 0.194 e. The zero-order valence-corrected chi connectivity index (χ0v) is 11.6. The van der Waals surface area contributed by atoms with E-state index >= 15 is 0 Å². The van der Waals surface area contributed by atoms with Crippen LogP contribution in [-0.2, 0) is 0 Å². The Morgan fingerprint density at radius 3 is 2.63 bits per heavy atom. The number of benzene rings is 1. The van der Waals surface area contributed by atoms with E-state index in [4.69, 9.17) is 0 Å². The van der Waals surface area contributed by atoms with Crippen LogP contribution in [0.2, 0.25) is 0 Å². The fourth-order valence-electron chi connectivity index (χ4n) is 2.10. The highest BCUT2D eigenvalue weighted by molar-refractivity contribution is 7.15. The molecule has 0 radical (unpaired) electrons. The minimum Gasteiger partial charge on any atom is -0.296 e. The van der Waals surface area contributed by atoms with Gasteiger partial charge in [0.1, 0.15) is 5.69 Å². The minimum absolute atomic E-state index is 0.479. The second-order valence-electron chi connectivity index (χ2n) is 4.83. The molecule has 96 valence electrons.